The molecule has 0 bridgehead atoms. The fourth-order valence-electron chi connectivity index (χ4n) is 4.41. The Labute approximate surface area is 223 Å². The van der Waals surface area contributed by atoms with Crippen LogP contribution in [0.15, 0.2) is 42.9 Å². The number of aromatic nitrogens is 7. The molecule has 4 aromatic rings. The molecule has 2 atom stereocenters. The van der Waals surface area contributed by atoms with E-state index < -0.39 is 27.2 Å². The molecule has 4 heterocycles. The normalized spacial score (nSPS) is 17.7. The summed E-state index contributed by atoms with van der Waals surface area (Å²) in [7, 11) is 0.524. The molecule has 16 heteroatoms. The number of piperidine rings is 1. The molecule has 3 aromatic heterocycles. The van der Waals surface area contributed by atoms with E-state index in [0.29, 0.717) is 22.9 Å². The molecule has 1 aliphatic rings. The number of aliphatic hydroxyl groups is 1. The Bertz CT molecular complexity index is 1550. The SMILES string of the molecule is COc1cccc(OC)c1-n1c(NS(=O)(=O)[C@H]2C[C@@H](O)CN(c3ncc(F)cn3)C2)nnc1-c1ccn(C)n1. The second-order valence-corrected chi connectivity index (χ2v) is 10.8. The molecule has 0 amide bonds. The van der Waals surface area contributed by atoms with Crippen LogP contribution in [0.2, 0.25) is 0 Å². The van der Waals surface area contributed by atoms with Gasteiger partial charge in [-0.05, 0) is 24.6 Å². The molecule has 2 N–H and O–H groups in total. The van der Waals surface area contributed by atoms with Crippen LogP contribution in [0.3, 0.4) is 0 Å². The topological polar surface area (TPSA) is 162 Å². The number of para-hydroxylation sites is 1. The highest BCUT2D eigenvalue weighted by atomic mass is 32.2. The molecule has 1 aromatic carbocycles. The highest BCUT2D eigenvalue weighted by Gasteiger charge is 2.37. The van der Waals surface area contributed by atoms with Crippen LogP contribution in [-0.4, -0.2) is 86.7 Å². The summed E-state index contributed by atoms with van der Waals surface area (Å²) < 4.78 is 57.3. The number of nitrogens with one attached hydrogen (secondary N) is 1. The van der Waals surface area contributed by atoms with Crippen molar-refractivity contribution >= 4 is 21.9 Å². The van der Waals surface area contributed by atoms with Crippen molar-refractivity contribution in [2.45, 2.75) is 17.8 Å². The standard InChI is InChI=1S/C23H26FN9O5S/c1-31-8-7-17(29-31)21-27-28-23(33(21)20-18(37-2)5-4-6-19(20)38-3)30-39(35,36)16-9-15(34)12-32(13-16)22-25-10-14(24)11-26-22/h4-8,10-11,15-16,34H,9,12-13H2,1-3H3,(H,28,30)/t15-,16+/m1/s1. The third kappa shape index (κ3) is 5.20. The monoisotopic (exact) mass is 559 g/mol. The van der Waals surface area contributed by atoms with Gasteiger partial charge >= 0.3 is 0 Å². The molecular weight excluding hydrogens is 533 g/mol. The molecule has 0 saturated carbocycles. The van der Waals surface area contributed by atoms with Gasteiger partial charge < -0.3 is 19.5 Å². The van der Waals surface area contributed by atoms with Gasteiger partial charge in [0.1, 0.15) is 28.1 Å². The molecule has 0 spiro atoms. The summed E-state index contributed by atoms with van der Waals surface area (Å²) in [6.07, 6.45) is 2.63. The minimum absolute atomic E-state index is 0.0444. The quantitative estimate of drug-likeness (QED) is 0.317. The molecule has 1 fully saturated rings. The zero-order valence-electron chi connectivity index (χ0n) is 21.3. The van der Waals surface area contributed by atoms with Gasteiger partial charge in [0.05, 0.1) is 32.7 Å². The third-order valence-corrected chi connectivity index (χ3v) is 7.87. The van der Waals surface area contributed by atoms with Gasteiger partial charge in [-0.25, -0.2) is 22.8 Å². The van der Waals surface area contributed by atoms with Crippen LogP contribution in [0.5, 0.6) is 11.5 Å². The van der Waals surface area contributed by atoms with Crippen LogP contribution < -0.4 is 19.1 Å². The lowest BCUT2D eigenvalue weighted by Gasteiger charge is -2.35. The number of nitrogens with zero attached hydrogens (tertiary/aromatic N) is 8. The molecule has 0 radical (unpaired) electrons. The van der Waals surface area contributed by atoms with Crippen LogP contribution in [0.4, 0.5) is 16.3 Å². The van der Waals surface area contributed by atoms with Gasteiger partial charge in [0.25, 0.3) is 0 Å². The first-order valence-corrected chi connectivity index (χ1v) is 13.3. The van der Waals surface area contributed by atoms with Gasteiger partial charge in [-0.1, -0.05) is 6.07 Å². The van der Waals surface area contributed by atoms with E-state index in [1.165, 1.54) is 23.7 Å². The zero-order valence-corrected chi connectivity index (χ0v) is 22.1. The molecule has 14 nitrogen and oxygen atoms in total. The third-order valence-electron chi connectivity index (χ3n) is 6.18. The lowest BCUT2D eigenvalue weighted by Crippen LogP contribution is -2.50. The van der Waals surface area contributed by atoms with Gasteiger partial charge in [0.15, 0.2) is 11.6 Å². The van der Waals surface area contributed by atoms with Crippen LogP contribution >= 0.6 is 0 Å². The van der Waals surface area contributed by atoms with E-state index in [2.05, 4.69) is 30.0 Å². The number of sulfonamides is 1. The Morgan fingerprint density at radius 1 is 1.08 bits per heavy atom. The fourth-order valence-corrected chi connectivity index (χ4v) is 5.81. The van der Waals surface area contributed by atoms with Gasteiger partial charge in [-0.15, -0.1) is 10.2 Å². The Kier molecular flexibility index (Phi) is 7.05. The number of methoxy groups -OCH3 is 2. The summed E-state index contributed by atoms with van der Waals surface area (Å²) in [6.45, 7) is 0.0489. The van der Waals surface area contributed by atoms with Crippen LogP contribution in [0.1, 0.15) is 6.42 Å². The van der Waals surface area contributed by atoms with Crippen molar-refractivity contribution in [2.75, 3.05) is 36.9 Å². The minimum Gasteiger partial charge on any atom is -0.494 e. The Morgan fingerprint density at radius 2 is 1.77 bits per heavy atom. The van der Waals surface area contributed by atoms with E-state index in [1.807, 2.05) is 0 Å². The molecule has 206 valence electrons. The van der Waals surface area contributed by atoms with E-state index in [1.54, 1.807) is 42.2 Å². The van der Waals surface area contributed by atoms with Crippen LogP contribution in [0.25, 0.3) is 17.2 Å². The number of anilines is 2. The van der Waals surface area contributed by atoms with E-state index >= 15 is 0 Å². The Morgan fingerprint density at radius 3 is 2.38 bits per heavy atom. The van der Waals surface area contributed by atoms with Crippen LogP contribution in [-0.2, 0) is 17.1 Å². The number of aliphatic hydroxyl groups excluding tert-OH is 1. The van der Waals surface area contributed by atoms with Crippen molar-refractivity contribution in [3.8, 4) is 28.7 Å². The number of ether oxygens (including phenoxy) is 2. The van der Waals surface area contributed by atoms with E-state index in [-0.39, 0.29) is 37.2 Å². The number of aryl methyl sites for hydroxylation is 1. The van der Waals surface area contributed by atoms with E-state index in [9.17, 15) is 17.9 Å². The summed E-state index contributed by atoms with van der Waals surface area (Å²) in [4.78, 5) is 9.33. The van der Waals surface area contributed by atoms with E-state index in [0.717, 1.165) is 12.4 Å². The number of halogens is 1. The molecule has 5 rings (SSSR count). The number of benzene rings is 1. The number of β-amino-alcohol motifs (C(OH)–C–C–N with tert-alkyl or cyclic N) is 1. The first-order chi connectivity index (χ1) is 18.7. The summed E-state index contributed by atoms with van der Waals surface area (Å²) in [6, 6.07) is 6.82. The van der Waals surface area contributed by atoms with Crippen molar-refractivity contribution in [3.05, 3.63) is 48.7 Å². The van der Waals surface area contributed by atoms with Gasteiger partial charge in [0.2, 0.25) is 21.9 Å². The molecule has 0 unspecified atom stereocenters. The second-order valence-electron chi connectivity index (χ2n) is 8.83. The van der Waals surface area contributed by atoms with Crippen molar-refractivity contribution in [3.63, 3.8) is 0 Å². The van der Waals surface area contributed by atoms with Crippen molar-refractivity contribution in [1.82, 2.24) is 34.5 Å². The molecular formula is C23H26FN9O5S. The molecule has 0 aliphatic carbocycles. The smallest absolute Gasteiger partial charge is 0.243 e. The van der Waals surface area contributed by atoms with Crippen molar-refractivity contribution in [2.24, 2.45) is 7.05 Å². The number of hydrogen-bond donors (Lipinski definition) is 2. The minimum atomic E-state index is -4.16. The van der Waals surface area contributed by atoms with Gasteiger partial charge in [-0.2, -0.15) is 5.10 Å². The molecule has 1 saturated heterocycles. The van der Waals surface area contributed by atoms with Gasteiger partial charge in [-0.3, -0.25) is 14.0 Å². The summed E-state index contributed by atoms with van der Waals surface area (Å²) in [5.41, 5.74) is 0.784. The average Bonchev–Trinajstić information content (AvgIpc) is 3.53. The second kappa shape index (κ2) is 10.5. The number of hydrogen-bond acceptors (Lipinski definition) is 11. The summed E-state index contributed by atoms with van der Waals surface area (Å²) >= 11 is 0. The Hall–Kier alpha value is -4.31. The lowest BCUT2D eigenvalue weighted by molar-refractivity contribution is 0.154. The lowest BCUT2D eigenvalue weighted by atomic mass is 10.1. The first-order valence-electron chi connectivity index (χ1n) is 11.8. The predicted octanol–water partition coefficient (Wildman–Crippen LogP) is 0.996. The number of rotatable bonds is 8. The van der Waals surface area contributed by atoms with Crippen LogP contribution in [0, 0.1) is 5.82 Å². The summed E-state index contributed by atoms with van der Waals surface area (Å²) in [5.74, 6) is 0.329. The van der Waals surface area contributed by atoms with Crippen molar-refractivity contribution < 1.29 is 27.4 Å². The Balaban J connectivity index is 1.55. The highest BCUT2D eigenvalue weighted by Crippen LogP contribution is 2.37. The maximum atomic E-state index is 13.7. The highest BCUT2D eigenvalue weighted by molar-refractivity contribution is 7.93. The average molecular weight is 560 g/mol. The molecule has 1 aliphatic heterocycles. The van der Waals surface area contributed by atoms with E-state index in [4.69, 9.17) is 9.47 Å². The molecule has 39 heavy (non-hydrogen) atoms. The maximum Gasteiger partial charge on any atom is 0.243 e. The van der Waals surface area contributed by atoms with Gasteiger partial charge in [0, 0.05) is 26.3 Å². The predicted molar refractivity (Wildman–Crippen MR) is 138 cm³/mol. The van der Waals surface area contributed by atoms with Crippen molar-refractivity contribution in [1.29, 1.82) is 0 Å². The fraction of sp³-hybridized carbons (Fsp3) is 0.348. The largest absolute Gasteiger partial charge is 0.494 e. The maximum absolute atomic E-state index is 13.7. The first kappa shape index (κ1) is 26.3. The zero-order chi connectivity index (χ0) is 27.7. The summed E-state index contributed by atoms with van der Waals surface area (Å²) in [5, 5.41) is 22.1.